The average molecular weight is 259 g/mol. The molecule has 0 unspecified atom stereocenters. The number of nitrogens with two attached hydrogens (primary N) is 1. The molecule has 0 amide bonds. The summed E-state index contributed by atoms with van der Waals surface area (Å²) >= 11 is 0. The van der Waals surface area contributed by atoms with E-state index >= 15 is 0 Å². The van der Waals surface area contributed by atoms with E-state index in [-0.39, 0.29) is 19.0 Å². The summed E-state index contributed by atoms with van der Waals surface area (Å²) in [5.74, 6) is 4.92. The van der Waals surface area contributed by atoms with Gasteiger partial charge in [-0.15, -0.1) is 0 Å². The first-order valence-electron chi connectivity index (χ1n) is 4.95. The largest absolute Gasteiger partial charge is 0.305 e. The molecule has 0 saturated heterocycles. The van der Waals surface area contributed by atoms with Gasteiger partial charge in [-0.1, -0.05) is 6.07 Å². The van der Waals surface area contributed by atoms with Crippen LogP contribution in [0.3, 0.4) is 0 Å². The molecule has 8 nitrogen and oxygen atoms in total. The fraction of sp³-hybridized carbons (Fsp3) is 0.300. The normalized spacial score (nSPS) is 10.3. The molecule has 8 heteroatoms. The number of hydrogen-bond acceptors (Lipinski definition) is 8. The summed E-state index contributed by atoms with van der Waals surface area (Å²) in [6, 6.07) is 4.93. The standard InChI is InChI=1S/C10H13NO7/c1-8-2-3-9(7-12)10(6-8)15-17-18-16-14-5-4-13-11/h2-3,6-7H,4-5,11H2,1H3. The predicted molar refractivity (Wildman–Crippen MR) is 56.5 cm³/mol. The lowest BCUT2D eigenvalue weighted by molar-refractivity contribution is -0.691. The minimum absolute atomic E-state index is 0.0455. The van der Waals surface area contributed by atoms with Gasteiger partial charge in [-0.2, -0.15) is 0 Å². The Morgan fingerprint density at radius 3 is 2.78 bits per heavy atom. The van der Waals surface area contributed by atoms with E-state index in [0.717, 1.165) is 5.56 Å². The van der Waals surface area contributed by atoms with Crippen LogP contribution in [0.15, 0.2) is 18.2 Å². The van der Waals surface area contributed by atoms with Gasteiger partial charge >= 0.3 is 0 Å². The molecule has 0 saturated carbocycles. The Morgan fingerprint density at radius 2 is 2.06 bits per heavy atom. The van der Waals surface area contributed by atoms with Crippen LogP contribution in [-0.4, -0.2) is 19.5 Å². The SMILES string of the molecule is Cc1ccc(C=O)c(OOOOOCCON)c1. The maximum atomic E-state index is 10.7. The Kier molecular flexibility index (Phi) is 6.87. The smallest absolute Gasteiger partial charge is 0.179 e. The van der Waals surface area contributed by atoms with E-state index in [2.05, 4.69) is 24.8 Å². The molecule has 0 radical (unpaired) electrons. The zero-order valence-corrected chi connectivity index (χ0v) is 9.66. The summed E-state index contributed by atoms with van der Waals surface area (Å²) in [5.41, 5.74) is 1.19. The van der Waals surface area contributed by atoms with Crippen LogP contribution < -0.4 is 10.8 Å². The third-order valence-corrected chi connectivity index (χ3v) is 1.81. The van der Waals surface area contributed by atoms with Gasteiger partial charge in [0.25, 0.3) is 0 Å². The van der Waals surface area contributed by atoms with E-state index in [0.29, 0.717) is 11.8 Å². The van der Waals surface area contributed by atoms with Crippen molar-refractivity contribution in [1.82, 2.24) is 0 Å². The fourth-order valence-corrected chi connectivity index (χ4v) is 1.01. The summed E-state index contributed by atoms with van der Waals surface area (Å²) in [6.07, 6.45) is 0.619. The maximum absolute atomic E-state index is 10.7. The molecule has 0 heterocycles. The van der Waals surface area contributed by atoms with E-state index in [1.807, 2.05) is 6.92 Å². The summed E-state index contributed by atoms with van der Waals surface area (Å²) in [7, 11) is 0. The number of rotatable bonds is 9. The van der Waals surface area contributed by atoms with Crippen LogP contribution in [0.25, 0.3) is 0 Å². The number of carbonyl (C=O) groups is 1. The molecular weight excluding hydrogens is 246 g/mol. The molecule has 1 aromatic rings. The Balaban J connectivity index is 2.26. The number of aryl methyl sites for hydroxylation is 1. The number of aldehydes is 1. The minimum atomic E-state index is 0.0455. The molecule has 0 fully saturated rings. The zero-order valence-electron chi connectivity index (χ0n) is 9.66. The molecule has 1 rings (SSSR count). The maximum Gasteiger partial charge on any atom is 0.179 e. The second-order valence-corrected chi connectivity index (χ2v) is 3.14. The van der Waals surface area contributed by atoms with Crippen molar-refractivity contribution in [2.45, 2.75) is 6.92 Å². The monoisotopic (exact) mass is 259 g/mol. The number of hydrogen-bond donors (Lipinski definition) is 1. The first-order chi connectivity index (χ1) is 8.77. The Labute approximate surface area is 103 Å². The van der Waals surface area contributed by atoms with Crippen molar-refractivity contribution in [3.05, 3.63) is 29.3 Å². The predicted octanol–water partition coefficient (Wildman–Crippen LogP) is 0.803. The summed E-state index contributed by atoms with van der Waals surface area (Å²) in [5, 5.41) is 12.4. The topological polar surface area (TPSA) is 98.5 Å². The van der Waals surface area contributed by atoms with Crippen LogP contribution in [0.1, 0.15) is 15.9 Å². The molecule has 1 aromatic carbocycles. The zero-order chi connectivity index (χ0) is 13.2. The van der Waals surface area contributed by atoms with Gasteiger partial charge in [0.15, 0.2) is 12.0 Å². The van der Waals surface area contributed by atoms with Crippen LogP contribution in [0.2, 0.25) is 0 Å². The van der Waals surface area contributed by atoms with Crippen LogP contribution in [-0.2, 0) is 24.8 Å². The quantitative estimate of drug-likeness (QED) is 0.301. The molecule has 100 valence electrons. The molecule has 0 aliphatic carbocycles. The molecule has 0 aliphatic heterocycles. The summed E-state index contributed by atoms with van der Waals surface area (Å²) in [4.78, 5) is 24.0. The van der Waals surface area contributed by atoms with E-state index < -0.39 is 0 Å². The highest BCUT2D eigenvalue weighted by Crippen LogP contribution is 2.18. The first kappa shape index (κ1) is 14.5. The van der Waals surface area contributed by atoms with Gasteiger partial charge in [-0.3, -0.25) is 4.79 Å². The van der Waals surface area contributed by atoms with Crippen molar-refractivity contribution in [1.29, 1.82) is 0 Å². The highest BCUT2D eigenvalue weighted by atomic mass is 17.8. The van der Waals surface area contributed by atoms with Crippen molar-refractivity contribution in [2.75, 3.05) is 13.2 Å². The lowest BCUT2D eigenvalue weighted by Gasteiger charge is -2.05. The van der Waals surface area contributed by atoms with Gasteiger partial charge in [-0.25, -0.2) is 10.8 Å². The van der Waals surface area contributed by atoms with Gasteiger partial charge in [-0.05, 0) is 29.7 Å². The van der Waals surface area contributed by atoms with Crippen LogP contribution >= 0.6 is 0 Å². The lowest BCUT2D eigenvalue weighted by Crippen LogP contribution is -2.09. The van der Waals surface area contributed by atoms with E-state index in [9.17, 15) is 4.79 Å². The highest BCUT2D eigenvalue weighted by Gasteiger charge is 2.05. The molecule has 0 spiro atoms. The lowest BCUT2D eigenvalue weighted by atomic mass is 10.1. The molecule has 0 aromatic heterocycles. The molecule has 0 aliphatic rings. The van der Waals surface area contributed by atoms with E-state index in [4.69, 9.17) is 10.8 Å². The average Bonchev–Trinajstić information content (AvgIpc) is 2.38. The van der Waals surface area contributed by atoms with Crippen LogP contribution in [0.5, 0.6) is 5.75 Å². The van der Waals surface area contributed by atoms with Crippen molar-refractivity contribution in [3.63, 3.8) is 0 Å². The van der Waals surface area contributed by atoms with Gasteiger partial charge in [0.2, 0.25) is 0 Å². The summed E-state index contributed by atoms with van der Waals surface area (Å²) < 4.78 is 0. The molecule has 18 heavy (non-hydrogen) atoms. The molecular formula is C10H13NO7. The Morgan fingerprint density at radius 1 is 1.22 bits per heavy atom. The van der Waals surface area contributed by atoms with Gasteiger partial charge in [0.1, 0.15) is 6.61 Å². The van der Waals surface area contributed by atoms with Gasteiger partial charge in [0.05, 0.1) is 12.2 Å². The summed E-state index contributed by atoms with van der Waals surface area (Å²) in [6.45, 7) is 2.00. The van der Waals surface area contributed by atoms with Crippen molar-refractivity contribution in [3.8, 4) is 5.75 Å². The van der Waals surface area contributed by atoms with Crippen LogP contribution in [0, 0.1) is 6.92 Å². The van der Waals surface area contributed by atoms with Gasteiger partial charge in [0, 0.05) is 10.1 Å². The molecule has 0 bridgehead atoms. The first-order valence-corrected chi connectivity index (χ1v) is 4.95. The molecule has 0 atom stereocenters. The van der Waals surface area contributed by atoms with Crippen molar-refractivity contribution < 1.29 is 34.5 Å². The minimum Gasteiger partial charge on any atom is -0.305 e. The number of carbonyl (C=O) groups excluding carboxylic acids is 1. The van der Waals surface area contributed by atoms with Crippen molar-refractivity contribution in [2.24, 2.45) is 5.90 Å². The second-order valence-electron chi connectivity index (χ2n) is 3.14. The van der Waals surface area contributed by atoms with E-state index in [1.165, 1.54) is 0 Å². The molecule has 2 N–H and O–H groups in total. The van der Waals surface area contributed by atoms with E-state index in [1.54, 1.807) is 18.2 Å². The fourth-order valence-electron chi connectivity index (χ4n) is 1.01. The Bertz CT molecular complexity index is 371. The highest BCUT2D eigenvalue weighted by molar-refractivity contribution is 5.79. The second kappa shape index (κ2) is 8.53. The van der Waals surface area contributed by atoms with Crippen LogP contribution in [0.4, 0.5) is 0 Å². The van der Waals surface area contributed by atoms with Crippen molar-refractivity contribution >= 4 is 6.29 Å². The van der Waals surface area contributed by atoms with Gasteiger partial charge < -0.3 is 9.73 Å². The third-order valence-electron chi connectivity index (χ3n) is 1.81. The number of benzene rings is 1. The Hall–Kier alpha value is -1.55. The third kappa shape index (κ3) is 5.19.